The molecule has 1 saturated heterocycles. The predicted octanol–water partition coefficient (Wildman–Crippen LogP) is 4.88. The van der Waals surface area contributed by atoms with E-state index in [1.807, 2.05) is 59.5 Å². The molecule has 0 bridgehead atoms. The van der Waals surface area contributed by atoms with Crippen molar-refractivity contribution in [3.8, 4) is 11.5 Å². The number of nitrogens with zero attached hydrogens (tertiary/aromatic N) is 3. The fourth-order valence-electron chi connectivity index (χ4n) is 3.27. The first-order valence-electron chi connectivity index (χ1n) is 9.90. The molecule has 0 radical (unpaired) electrons. The zero-order valence-corrected chi connectivity index (χ0v) is 16.4. The Balaban J connectivity index is 1.40. The molecular formula is C23H24N4O2. The number of benzene rings is 2. The molecule has 0 spiro atoms. The van der Waals surface area contributed by atoms with Crippen molar-refractivity contribution in [3.63, 3.8) is 0 Å². The molecule has 1 fully saturated rings. The average Bonchev–Trinajstić information content (AvgIpc) is 2.76. The van der Waals surface area contributed by atoms with Crippen molar-refractivity contribution in [2.45, 2.75) is 19.8 Å². The van der Waals surface area contributed by atoms with Gasteiger partial charge in [0.2, 0.25) is 5.95 Å². The summed E-state index contributed by atoms with van der Waals surface area (Å²) in [6.45, 7) is 3.80. The van der Waals surface area contributed by atoms with Crippen LogP contribution in [0.4, 0.5) is 11.6 Å². The maximum atomic E-state index is 12.7. The normalized spacial score (nSPS) is 14.4. The quantitative estimate of drug-likeness (QED) is 0.674. The van der Waals surface area contributed by atoms with E-state index in [0.29, 0.717) is 17.6 Å². The number of rotatable bonds is 5. The second kappa shape index (κ2) is 8.73. The maximum Gasteiger partial charge on any atom is 0.272 e. The number of hydrogen-bond acceptors (Lipinski definition) is 5. The highest BCUT2D eigenvalue weighted by molar-refractivity contribution is 5.92. The molecular weight excluding hydrogens is 364 g/mol. The Kier molecular flexibility index (Phi) is 5.70. The van der Waals surface area contributed by atoms with Gasteiger partial charge in [0.05, 0.1) is 0 Å². The molecule has 1 aliphatic heterocycles. The summed E-state index contributed by atoms with van der Waals surface area (Å²) < 4.78 is 5.80. The first-order chi connectivity index (χ1) is 14.2. The van der Waals surface area contributed by atoms with Crippen LogP contribution in [0.15, 0.2) is 66.9 Å². The summed E-state index contributed by atoms with van der Waals surface area (Å²) in [6, 6.07) is 18.8. The van der Waals surface area contributed by atoms with Gasteiger partial charge >= 0.3 is 0 Å². The zero-order valence-electron chi connectivity index (χ0n) is 16.4. The van der Waals surface area contributed by atoms with Gasteiger partial charge in [-0.3, -0.25) is 4.79 Å². The standard InChI is InChI=1S/C23H24N4O2/c1-17-12-15-27(16-13-17)22(28)21-11-14-24-23(26-21)25-18-7-9-20(10-8-18)29-19-5-3-2-4-6-19/h2-11,14,17H,12-13,15-16H2,1H3,(H,24,25,26). The number of ether oxygens (including phenoxy) is 1. The van der Waals surface area contributed by atoms with Crippen LogP contribution < -0.4 is 10.1 Å². The first kappa shape index (κ1) is 18.9. The third-order valence-corrected chi connectivity index (χ3v) is 5.03. The number of carbonyl (C=O) groups excluding carboxylic acids is 1. The average molecular weight is 388 g/mol. The molecule has 0 atom stereocenters. The molecule has 148 valence electrons. The van der Waals surface area contributed by atoms with Crippen LogP contribution in [-0.4, -0.2) is 33.9 Å². The second-order valence-electron chi connectivity index (χ2n) is 7.30. The van der Waals surface area contributed by atoms with Crippen molar-refractivity contribution in [2.24, 2.45) is 5.92 Å². The minimum Gasteiger partial charge on any atom is -0.457 e. The van der Waals surface area contributed by atoms with Crippen molar-refractivity contribution in [1.82, 2.24) is 14.9 Å². The molecule has 0 unspecified atom stereocenters. The van der Waals surface area contributed by atoms with Crippen molar-refractivity contribution in [3.05, 3.63) is 72.6 Å². The van der Waals surface area contributed by atoms with Crippen LogP contribution in [0.25, 0.3) is 0 Å². The van der Waals surface area contributed by atoms with Gasteiger partial charge in [-0.25, -0.2) is 9.97 Å². The van der Waals surface area contributed by atoms with E-state index in [1.165, 1.54) is 0 Å². The number of aromatic nitrogens is 2. The molecule has 6 heteroatoms. The summed E-state index contributed by atoms with van der Waals surface area (Å²) in [6.07, 6.45) is 3.70. The third-order valence-electron chi connectivity index (χ3n) is 5.03. The fourth-order valence-corrected chi connectivity index (χ4v) is 3.27. The van der Waals surface area contributed by atoms with E-state index in [1.54, 1.807) is 12.3 Å². The highest BCUT2D eigenvalue weighted by Crippen LogP contribution is 2.24. The molecule has 6 nitrogen and oxygen atoms in total. The highest BCUT2D eigenvalue weighted by atomic mass is 16.5. The predicted molar refractivity (Wildman–Crippen MR) is 113 cm³/mol. The molecule has 1 aromatic heterocycles. The monoisotopic (exact) mass is 388 g/mol. The second-order valence-corrected chi connectivity index (χ2v) is 7.30. The minimum atomic E-state index is -0.0334. The van der Waals surface area contributed by atoms with Gasteiger partial charge in [0.1, 0.15) is 17.2 Å². The van der Waals surface area contributed by atoms with Crippen LogP contribution in [-0.2, 0) is 0 Å². The maximum absolute atomic E-state index is 12.7. The van der Waals surface area contributed by atoms with E-state index in [2.05, 4.69) is 22.2 Å². The van der Waals surface area contributed by atoms with Gasteiger partial charge in [-0.2, -0.15) is 0 Å². The van der Waals surface area contributed by atoms with Crippen LogP contribution in [0, 0.1) is 5.92 Å². The molecule has 1 N–H and O–H groups in total. The lowest BCUT2D eigenvalue weighted by molar-refractivity contribution is 0.0691. The smallest absolute Gasteiger partial charge is 0.272 e. The molecule has 1 aliphatic rings. The van der Waals surface area contributed by atoms with Crippen molar-refractivity contribution in [1.29, 1.82) is 0 Å². The number of likely N-dealkylation sites (tertiary alicyclic amines) is 1. The Hall–Kier alpha value is -3.41. The van der Waals surface area contributed by atoms with E-state index >= 15 is 0 Å². The molecule has 1 amide bonds. The summed E-state index contributed by atoms with van der Waals surface area (Å²) in [5, 5.41) is 3.15. The van der Waals surface area contributed by atoms with Crippen LogP contribution in [0.2, 0.25) is 0 Å². The van der Waals surface area contributed by atoms with Gasteiger partial charge in [-0.05, 0) is 61.2 Å². The third kappa shape index (κ3) is 4.90. The lowest BCUT2D eigenvalue weighted by atomic mass is 9.99. The SMILES string of the molecule is CC1CCN(C(=O)c2ccnc(Nc3ccc(Oc4ccccc4)cc3)n2)CC1. The van der Waals surface area contributed by atoms with E-state index < -0.39 is 0 Å². The van der Waals surface area contributed by atoms with E-state index in [9.17, 15) is 4.79 Å². The van der Waals surface area contributed by atoms with E-state index in [0.717, 1.165) is 43.1 Å². The van der Waals surface area contributed by atoms with Crippen molar-refractivity contribution in [2.75, 3.05) is 18.4 Å². The van der Waals surface area contributed by atoms with Gasteiger partial charge in [-0.1, -0.05) is 25.1 Å². The Labute approximate surface area is 170 Å². The summed E-state index contributed by atoms with van der Waals surface area (Å²) >= 11 is 0. The molecule has 29 heavy (non-hydrogen) atoms. The van der Waals surface area contributed by atoms with Crippen molar-refractivity contribution < 1.29 is 9.53 Å². The highest BCUT2D eigenvalue weighted by Gasteiger charge is 2.22. The molecule has 0 saturated carbocycles. The zero-order chi connectivity index (χ0) is 20.1. The van der Waals surface area contributed by atoms with Gasteiger partial charge in [0, 0.05) is 25.0 Å². The number of nitrogens with one attached hydrogen (secondary N) is 1. The Morgan fingerprint density at radius 3 is 2.41 bits per heavy atom. The Morgan fingerprint density at radius 2 is 1.69 bits per heavy atom. The summed E-state index contributed by atoms with van der Waals surface area (Å²) in [7, 11) is 0. The fraction of sp³-hybridized carbons (Fsp3) is 0.261. The molecule has 0 aliphatic carbocycles. The summed E-state index contributed by atoms with van der Waals surface area (Å²) in [4.78, 5) is 23.2. The molecule has 2 aromatic carbocycles. The van der Waals surface area contributed by atoms with E-state index in [4.69, 9.17) is 4.74 Å². The van der Waals surface area contributed by atoms with Gasteiger partial charge in [0.15, 0.2) is 0 Å². The number of hydrogen-bond donors (Lipinski definition) is 1. The van der Waals surface area contributed by atoms with Crippen LogP contribution in [0.5, 0.6) is 11.5 Å². The van der Waals surface area contributed by atoms with Crippen LogP contribution in [0.3, 0.4) is 0 Å². The van der Waals surface area contributed by atoms with Crippen molar-refractivity contribution >= 4 is 17.5 Å². The molecule has 2 heterocycles. The Bertz CT molecular complexity index is 952. The minimum absolute atomic E-state index is 0.0334. The molecule has 4 rings (SSSR count). The summed E-state index contributed by atoms with van der Waals surface area (Å²) in [5.41, 5.74) is 1.24. The number of para-hydroxylation sites is 1. The van der Waals surface area contributed by atoms with Crippen LogP contribution in [0.1, 0.15) is 30.3 Å². The summed E-state index contributed by atoms with van der Waals surface area (Å²) in [5.74, 6) is 2.57. The van der Waals surface area contributed by atoms with Crippen LogP contribution >= 0.6 is 0 Å². The van der Waals surface area contributed by atoms with Gasteiger partial charge < -0.3 is 15.0 Å². The Morgan fingerprint density at radius 1 is 1.00 bits per heavy atom. The lowest BCUT2D eigenvalue weighted by Crippen LogP contribution is -2.38. The topological polar surface area (TPSA) is 67.4 Å². The number of amides is 1. The molecule has 3 aromatic rings. The van der Waals surface area contributed by atoms with Gasteiger partial charge in [-0.15, -0.1) is 0 Å². The van der Waals surface area contributed by atoms with Gasteiger partial charge in [0.25, 0.3) is 5.91 Å². The first-order valence-corrected chi connectivity index (χ1v) is 9.90. The number of carbonyl (C=O) groups is 1. The largest absolute Gasteiger partial charge is 0.457 e. The van der Waals surface area contributed by atoms with E-state index in [-0.39, 0.29) is 5.91 Å². The number of anilines is 2. The number of piperidine rings is 1. The lowest BCUT2D eigenvalue weighted by Gasteiger charge is -2.30.